The maximum absolute atomic E-state index is 12.4. The number of aliphatic hydroxyl groups is 1. The molecule has 2 aromatic carbocycles. The predicted molar refractivity (Wildman–Crippen MR) is 74.4 cm³/mol. The fraction of sp³-hybridized carbons (Fsp3) is 0.188. The third-order valence-corrected chi connectivity index (χ3v) is 3.79. The highest BCUT2D eigenvalue weighted by molar-refractivity contribution is 6.06. The second-order valence-corrected chi connectivity index (χ2v) is 5.09. The molecule has 0 saturated heterocycles. The van der Waals surface area contributed by atoms with Crippen LogP contribution in [0.2, 0.25) is 0 Å². The van der Waals surface area contributed by atoms with E-state index in [0.717, 1.165) is 0 Å². The molecule has 0 amide bonds. The van der Waals surface area contributed by atoms with Crippen molar-refractivity contribution in [3.8, 4) is 23.0 Å². The summed E-state index contributed by atoms with van der Waals surface area (Å²) in [7, 11) is 0. The smallest absolute Gasteiger partial charge is 0.231 e. The van der Waals surface area contributed by atoms with Crippen molar-refractivity contribution in [2.45, 2.75) is 12.2 Å². The van der Waals surface area contributed by atoms with Gasteiger partial charge in [-0.15, -0.1) is 0 Å². The van der Waals surface area contributed by atoms with Gasteiger partial charge in [0.15, 0.2) is 23.7 Å². The van der Waals surface area contributed by atoms with Gasteiger partial charge in [0.1, 0.15) is 11.3 Å². The van der Waals surface area contributed by atoms with Crippen molar-refractivity contribution >= 4 is 5.78 Å². The van der Waals surface area contributed by atoms with E-state index in [1.54, 1.807) is 24.3 Å². The highest BCUT2D eigenvalue weighted by atomic mass is 16.7. The fourth-order valence-electron chi connectivity index (χ4n) is 2.71. The quantitative estimate of drug-likeness (QED) is 0.835. The van der Waals surface area contributed by atoms with E-state index >= 15 is 0 Å². The zero-order valence-corrected chi connectivity index (χ0v) is 11.4. The summed E-state index contributed by atoms with van der Waals surface area (Å²) in [5.41, 5.74) is 0.593. The van der Waals surface area contributed by atoms with Gasteiger partial charge in [-0.3, -0.25) is 4.79 Å². The molecule has 0 fully saturated rings. The second kappa shape index (κ2) is 4.64. The summed E-state index contributed by atoms with van der Waals surface area (Å²) >= 11 is 0. The topological polar surface area (TPSA) is 85.2 Å². The lowest BCUT2D eigenvalue weighted by Gasteiger charge is -2.30. The van der Waals surface area contributed by atoms with Gasteiger partial charge >= 0.3 is 0 Å². The van der Waals surface area contributed by atoms with E-state index < -0.39 is 18.0 Å². The van der Waals surface area contributed by atoms with Gasteiger partial charge in [-0.25, -0.2) is 0 Å². The molecule has 0 radical (unpaired) electrons. The minimum absolute atomic E-state index is 0.0371. The molecule has 2 heterocycles. The largest absolute Gasteiger partial charge is 0.504 e. The summed E-state index contributed by atoms with van der Waals surface area (Å²) in [6, 6.07) is 10.4. The monoisotopic (exact) mass is 300 g/mol. The first-order valence-corrected chi connectivity index (χ1v) is 6.76. The summed E-state index contributed by atoms with van der Waals surface area (Å²) in [5.74, 6) is -0.384. The standard InChI is InChI=1S/C16H12O6/c17-12-11-9(6-10-16(13(11)18)21-7-20-10)22-15(14(12)19)8-4-2-1-3-5-8/h1-6,14-15,18-19H,7H2/t14-,15-/m1/s1. The van der Waals surface area contributed by atoms with Crippen molar-refractivity contribution < 1.29 is 29.2 Å². The molecular weight excluding hydrogens is 288 g/mol. The van der Waals surface area contributed by atoms with Crippen molar-refractivity contribution in [3.05, 3.63) is 47.5 Å². The molecule has 112 valence electrons. The Morgan fingerprint density at radius 2 is 1.86 bits per heavy atom. The first kappa shape index (κ1) is 13.0. The van der Waals surface area contributed by atoms with Crippen LogP contribution in [0.15, 0.2) is 36.4 Å². The highest BCUT2D eigenvalue weighted by Gasteiger charge is 2.41. The van der Waals surface area contributed by atoms with Crippen molar-refractivity contribution in [2.24, 2.45) is 0 Å². The normalized spacial score (nSPS) is 22.1. The third-order valence-electron chi connectivity index (χ3n) is 3.79. The van der Waals surface area contributed by atoms with Gasteiger partial charge in [-0.2, -0.15) is 0 Å². The molecule has 0 aromatic heterocycles. The Morgan fingerprint density at radius 3 is 2.64 bits per heavy atom. The summed E-state index contributed by atoms with van der Waals surface area (Å²) in [6.45, 7) is -0.0371. The second-order valence-electron chi connectivity index (χ2n) is 5.09. The molecule has 6 heteroatoms. The van der Waals surface area contributed by atoms with E-state index in [4.69, 9.17) is 14.2 Å². The molecule has 2 aromatic rings. The van der Waals surface area contributed by atoms with Gasteiger partial charge in [0.05, 0.1) is 0 Å². The molecule has 0 saturated carbocycles. The summed E-state index contributed by atoms with van der Waals surface area (Å²) < 4.78 is 16.1. The maximum Gasteiger partial charge on any atom is 0.231 e. The fourth-order valence-corrected chi connectivity index (χ4v) is 2.71. The number of Topliss-reactive ketones (excluding diaryl/α,β-unsaturated/α-hetero) is 1. The third kappa shape index (κ3) is 1.74. The number of phenolic OH excluding ortho intramolecular Hbond substituents is 1. The van der Waals surface area contributed by atoms with Gasteiger partial charge in [0.2, 0.25) is 18.3 Å². The molecule has 0 aliphatic carbocycles. The molecule has 4 rings (SSSR count). The average molecular weight is 300 g/mol. The lowest BCUT2D eigenvalue weighted by atomic mass is 9.92. The van der Waals surface area contributed by atoms with Crippen molar-refractivity contribution in [2.75, 3.05) is 6.79 Å². The van der Waals surface area contributed by atoms with Crippen LogP contribution >= 0.6 is 0 Å². The van der Waals surface area contributed by atoms with Crippen LogP contribution in [0.25, 0.3) is 0 Å². The van der Waals surface area contributed by atoms with E-state index in [2.05, 4.69) is 0 Å². The minimum atomic E-state index is -1.40. The molecule has 0 unspecified atom stereocenters. The molecular formula is C16H12O6. The number of aromatic hydroxyl groups is 1. The molecule has 2 aliphatic heterocycles. The number of carbonyl (C=O) groups is 1. The zero-order chi connectivity index (χ0) is 15.3. The molecule has 0 bridgehead atoms. The molecule has 22 heavy (non-hydrogen) atoms. The van der Waals surface area contributed by atoms with E-state index in [-0.39, 0.29) is 29.6 Å². The Kier molecular flexibility index (Phi) is 2.74. The average Bonchev–Trinajstić information content (AvgIpc) is 3.00. The van der Waals surface area contributed by atoms with Crippen LogP contribution in [-0.2, 0) is 0 Å². The number of carbonyl (C=O) groups excluding carboxylic acids is 1. The number of rotatable bonds is 1. The Morgan fingerprint density at radius 1 is 1.09 bits per heavy atom. The van der Waals surface area contributed by atoms with Gasteiger partial charge in [-0.05, 0) is 5.56 Å². The number of phenols is 1. The van der Waals surface area contributed by atoms with Crippen LogP contribution in [-0.4, -0.2) is 28.9 Å². The summed E-state index contributed by atoms with van der Waals surface area (Å²) in [4.78, 5) is 12.4. The van der Waals surface area contributed by atoms with Gasteiger partial charge in [0, 0.05) is 6.07 Å². The highest BCUT2D eigenvalue weighted by Crippen LogP contribution is 2.50. The van der Waals surface area contributed by atoms with Crippen LogP contribution in [0.5, 0.6) is 23.0 Å². The number of hydrogen-bond donors (Lipinski definition) is 2. The van der Waals surface area contributed by atoms with Crippen LogP contribution < -0.4 is 14.2 Å². The van der Waals surface area contributed by atoms with Crippen LogP contribution in [0.3, 0.4) is 0 Å². The first-order valence-electron chi connectivity index (χ1n) is 6.76. The van der Waals surface area contributed by atoms with E-state index in [1.807, 2.05) is 6.07 Å². The maximum atomic E-state index is 12.4. The summed E-state index contributed by atoms with van der Waals surface area (Å²) in [6.07, 6.45) is -2.23. The number of ether oxygens (including phenoxy) is 3. The molecule has 2 N–H and O–H groups in total. The molecule has 2 aliphatic rings. The zero-order valence-electron chi connectivity index (χ0n) is 11.4. The molecule has 6 nitrogen and oxygen atoms in total. The first-order chi connectivity index (χ1) is 10.7. The Labute approximate surface area is 125 Å². The van der Waals surface area contributed by atoms with Crippen LogP contribution in [0.4, 0.5) is 0 Å². The number of fused-ring (bicyclic) bond motifs is 2. The number of aliphatic hydroxyl groups excluding tert-OH is 1. The number of benzene rings is 2. The Balaban J connectivity index is 1.84. The van der Waals surface area contributed by atoms with E-state index in [9.17, 15) is 15.0 Å². The van der Waals surface area contributed by atoms with Gasteiger partial charge in [0.25, 0.3) is 0 Å². The predicted octanol–water partition coefficient (Wildman–Crippen LogP) is 1.80. The van der Waals surface area contributed by atoms with Crippen molar-refractivity contribution in [1.29, 1.82) is 0 Å². The Hall–Kier alpha value is -2.73. The lowest BCUT2D eigenvalue weighted by Crippen LogP contribution is -2.36. The van der Waals surface area contributed by atoms with Gasteiger partial charge in [-0.1, -0.05) is 30.3 Å². The lowest BCUT2D eigenvalue weighted by molar-refractivity contribution is 0.0211. The van der Waals surface area contributed by atoms with Crippen molar-refractivity contribution in [3.63, 3.8) is 0 Å². The van der Waals surface area contributed by atoms with E-state index in [1.165, 1.54) is 6.07 Å². The van der Waals surface area contributed by atoms with E-state index in [0.29, 0.717) is 11.3 Å². The molecule has 2 atom stereocenters. The number of hydrogen-bond acceptors (Lipinski definition) is 6. The summed E-state index contributed by atoms with van der Waals surface area (Å²) in [5, 5.41) is 20.4. The van der Waals surface area contributed by atoms with Crippen LogP contribution in [0, 0.1) is 0 Å². The minimum Gasteiger partial charge on any atom is -0.504 e. The van der Waals surface area contributed by atoms with Crippen LogP contribution in [0.1, 0.15) is 22.0 Å². The Bertz CT molecular complexity index is 755. The molecule has 0 spiro atoms. The SMILES string of the molecule is O=C1c2c(cc3c(c2O)OCO3)O[C@H](c2ccccc2)[C@@H]1O. The van der Waals surface area contributed by atoms with Crippen molar-refractivity contribution in [1.82, 2.24) is 0 Å². The van der Waals surface area contributed by atoms with Gasteiger partial charge < -0.3 is 24.4 Å². The number of ketones is 1.